The smallest absolute Gasteiger partial charge is 0.410 e. The van der Waals surface area contributed by atoms with Gasteiger partial charge in [-0.05, 0) is 41.5 Å². The normalized spacial score (nSPS) is 23.5. The lowest BCUT2D eigenvalue weighted by atomic mass is 9.81. The van der Waals surface area contributed by atoms with E-state index < -0.39 is 18.7 Å². The molecule has 5 nitrogen and oxygen atoms in total. The standard InChI is InChI=1S/C27H28F3NO4/c28-27(29,30)11-5-10-25(32)17-12-18-14-34-15-19(13-17)31(18)26(33)35-16-24-22-8-3-1-6-20(22)21-7-2-4-9-23(21)24/h1-4,6-9,17-19,24H,5,10-16H2. The average Bonchev–Trinajstić information content (AvgIpc) is 3.14. The molecule has 35 heavy (non-hydrogen) atoms. The number of hydrogen-bond donors (Lipinski definition) is 0. The molecule has 2 aliphatic heterocycles. The molecular formula is C27H28F3NO4. The van der Waals surface area contributed by atoms with Gasteiger partial charge in [0.25, 0.3) is 0 Å². The van der Waals surface area contributed by atoms with Crippen molar-refractivity contribution in [3.05, 3.63) is 59.7 Å². The number of morpholine rings is 1. The summed E-state index contributed by atoms with van der Waals surface area (Å²) in [5, 5.41) is 0. The molecule has 1 amide bonds. The number of nitrogens with zero attached hydrogens (tertiary/aromatic N) is 1. The molecule has 2 aromatic rings. The number of fused-ring (bicyclic) bond motifs is 5. The minimum absolute atomic E-state index is 0.0461. The Kier molecular flexibility index (Phi) is 6.57. The third-order valence-corrected chi connectivity index (χ3v) is 7.41. The van der Waals surface area contributed by atoms with Gasteiger partial charge in [0.05, 0.1) is 25.3 Å². The van der Waals surface area contributed by atoms with E-state index in [9.17, 15) is 22.8 Å². The number of benzene rings is 2. The number of ketones is 1. The van der Waals surface area contributed by atoms with E-state index in [4.69, 9.17) is 9.47 Å². The molecule has 186 valence electrons. The van der Waals surface area contributed by atoms with Crippen molar-refractivity contribution in [3.8, 4) is 11.1 Å². The predicted molar refractivity (Wildman–Crippen MR) is 123 cm³/mol. The second kappa shape index (κ2) is 9.64. The van der Waals surface area contributed by atoms with Gasteiger partial charge in [-0.1, -0.05) is 48.5 Å². The molecule has 2 atom stereocenters. The second-order valence-electron chi connectivity index (χ2n) is 9.66. The van der Waals surface area contributed by atoms with Crippen molar-refractivity contribution in [3.63, 3.8) is 0 Å². The number of carbonyl (C=O) groups excluding carboxylic acids is 2. The number of ether oxygens (including phenoxy) is 2. The maximum absolute atomic E-state index is 13.2. The summed E-state index contributed by atoms with van der Waals surface area (Å²) in [7, 11) is 0. The minimum atomic E-state index is -4.25. The lowest BCUT2D eigenvalue weighted by Gasteiger charge is -2.47. The summed E-state index contributed by atoms with van der Waals surface area (Å²) in [6.45, 7) is 0.809. The van der Waals surface area contributed by atoms with Gasteiger partial charge in [-0.25, -0.2) is 4.79 Å². The van der Waals surface area contributed by atoms with E-state index in [1.54, 1.807) is 4.90 Å². The number of piperidine rings is 1. The number of halogens is 3. The number of alkyl halides is 3. The molecule has 0 radical (unpaired) electrons. The zero-order valence-corrected chi connectivity index (χ0v) is 19.3. The quantitative estimate of drug-likeness (QED) is 0.523. The molecule has 8 heteroatoms. The minimum Gasteiger partial charge on any atom is -0.448 e. The van der Waals surface area contributed by atoms with E-state index in [1.165, 1.54) is 0 Å². The van der Waals surface area contributed by atoms with Gasteiger partial charge in [0.1, 0.15) is 12.4 Å². The highest BCUT2D eigenvalue weighted by molar-refractivity contribution is 5.82. The first kappa shape index (κ1) is 23.9. The Morgan fingerprint density at radius 1 is 0.943 bits per heavy atom. The number of amides is 1. The van der Waals surface area contributed by atoms with E-state index in [0.29, 0.717) is 26.1 Å². The van der Waals surface area contributed by atoms with Gasteiger partial charge >= 0.3 is 12.3 Å². The summed E-state index contributed by atoms with van der Waals surface area (Å²) >= 11 is 0. The fraction of sp³-hybridized carbons (Fsp3) is 0.481. The molecule has 0 spiro atoms. The monoisotopic (exact) mass is 487 g/mol. The zero-order chi connectivity index (χ0) is 24.6. The predicted octanol–water partition coefficient (Wildman–Crippen LogP) is 5.72. The van der Waals surface area contributed by atoms with Gasteiger partial charge in [0.15, 0.2) is 0 Å². The van der Waals surface area contributed by atoms with Crippen molar-refractivity contribution in [1.82, 2.24) is 4.90 Å². The number of rotatable bonds is 6. The fourth-order valence-corrected chi connectivity index (χ4v) is 5.81. The van der Waals surface area contributed by atoms with Crippen LogP contribution in [0.2, 0.25) is 0 Å². The van der Waals surface area contributed by atoms with Crippen LogP contribution in [0.4, 0.5) is 18.0 Å². The van der Waals surface area contributed by atoms with Crippen LogP contribution in [0.25, 0.3) is 11.1 Å². The van der Waals surface area contributed by atoms with Crippen molar-refractivity contribution < 1.29 is 32.2 Å². The van der Waals surface area contributed by atoms with E-state index in [-0.39, 0.29) is 49.2 Å². The molecule has 2 fully saturated rings. The van der Waals surface area contributed by atoms with E-state index in [2.05, 4.69) is 24.3 Å². The van der Waals surface area contributed by atoms with E-state index in [0.717, 1.165) is 22.3 Å². The molecule has 2 saturated heterocycles. The van der Waals surface area contributed by atoms with Crippen molar-refractivity contribution >= 4 is 11.9 Å². The van der Waals surface area contributed by atoms with Gasteiger partial charge in [0, 0.05) is 24.7 Å². The first-order valence-electron chi connectivity index (χ1n) is 12.1. The summed E-state index contributed by atoms with van der Waals surface area (Å²) in [5.74, 6) is -0.548. The summed E-state index contributed by atoms with van der Waals surface area (Å²) in [5.41, 5.74) is 4.57. The highest BCUT2D eigenvalue weighted by Crippen LogP contribution is 2.44. The van der Waals surface area contributed by atoms with Crippen LogP contribution in [0.15, 0.2) is 48.5 Å². The zero-order valence-electron chi connectivity index (χ0n) is 19.3. The molecule has 5 rings (SSSR count). The summed E-state index contributed by atoms with van der Waals surface area (Å²) in [4.78, 5) is 27.5. The van der Waals surface area contributed by atoms with Crippen LogP contribution in [-0.2, 0) is 14.3 Å². The Morgan fingerprint density at radius 2 is 1.51 bits per heavy atom. The van der Waals surface area contributed by atoms with E-state index >= 15 is 0 Å². The van der Waals surface area contributed by atoms with Crippen LogP contribution in [0.5, 0.6) is 0 Å². The molecule has 3 aliphatic rings. The van der Waals surface area contributed by atoms with Crippen molar-refractivity contribution in [2.45, 2.75) is 56.3 Å². The number of carbonyl (C=O) groups is 2. The SMILES string of the molecule is O=C(CCCC(F)(F)F)C1CC2COCC(C1)N2C(=O)OCC1c2ccccc2-c2ccccc21. The maximum atomic E-state index is 13.2. The summed E-state index contributed by atoms with van der Waals surface area (Å²) < 4.78 is 48.8. The Labute approximate surface area is 202 Å². The molecular weight excluding hydrogens is 459 g/mol. The topological polar surface area (TPSA) is 55.8 Å². The second-order valence-corrected chi connectivity index (χ2v) is 9.66. The molecule has 2 unspecified atom stereocenters. The number of Topliss-reactive ketones (excluding diaryl/α,β-unsaturated/α-hetero) is 1. The lowest BCUT2D eigenvalue weighted by molar-refractivity contribution is -0.139. The molecule has 0 saturated carbocycles. The Bertz CT molecular complexity index is 1040. The molecule has 1 aliphatic carbocycles. The highest BCUT2D eigenvalue weighted by Gasteiger charge is 2.44. The first-order valence-corrected chi connectivity index (χ1v) is 12.1. The van der Waals surface area contributed by atoms with Gasteiger partial charge in [-0.15, -0.1) is 0 Å². The average molecular weight is 488 g/mol. The van der Waals surface area contributed by atoms with Gasteiger partial charge < -0.3 is 9.47 Å². The summed E-state index contributed by atoms with van der Waals surface area (Å²) in [6, 6.07) is 15.6. The molecule has 0 N–H and O–H groups in total. The van der Waals surface area contributed by atoms with Crippen LogP contribution in [-0.4, -0.2) is 54.9 Å². The molecule has 2 heterocycles. The van der Waals surface area contributed by atoms with Gasteiger partial charge in [0.2, 0.25) is 0 Å². The van der Waals surface area contributed by atoms with Crippen LogP contribution >= 0.6 is 0 Å². The third-order valence-electron chi connectivity index (χ3n) is 7.41. The maximum Gasteiger partial charge on any atom is 0.410 e. The Balaban J connectivity index is 1.22. The Morgan fingerprint density at radius 3 is 2.09 bits per heavy atom. The summed E-state index contributed by atoms with van der Waals surface area (Å²) in [6.07, 6.45) is -5.12. The highest BCUT2D eigenvalue weighted by atomic mass is 19.4. The van der Waals surface area contributed by atoms with Crippen LogP contribution < -0.4 is 0 Å². The van der Waals surface area contributed by atoms with Crippen LogP contribution in [0.3, 0.4) is 0 Å². The molecule has 2 bridgehead atoms. The Hall–Kier alpha value is -2.87. The van der Waals surface area contributed by atoms with E-state index in [1.807, 2.05) is 24.3 Å². The van der Waals surface area contributed by atoms with Crippen molar-refractivity contribution in [2.75, 3.05) is 19.8 Å². The third kappa shape index (κ3) is 4.94. The van der Waals surface area contributed by atoms with Crippen LogP contribution in [0, 0.1) is 5.92 Å². The lowest BCUT2D eigenvalue weighted by Crippen LogP contribution is -2.60. The van der Waals surface area contributed by atoms with Gasteiger partial charge in [-0.3, -0.25) is 9.69 Å². The van der Waals surface area contributed by atoms with Crippen LogP contribution in [0.1, 0.15) is 49.1 Å². The number of hydrogen-bond acceptors (Lipinski definition) is 4. The molecule has 2 aromatic carbocycles. The van der Waals surface area contributed by atoms with Gasteiger partial charge in [-0.2, -0.15) is 13.2 Å². The first-order chi connectivity index (χ1) is 16.8. The molecule has 0 aromatic heterocycles. The van der Waals surface area contributed by atoms with Crippen molar-refractivity contribution in [1.29, 1.82) is 0 Å². The fourth-order valence-electron chi connectivity index (χ4n) is 5.81. The van der Waals surface area contributed by atoms with Crippen molar-refractivity contribution in [2.24, 2.45) is 5.92 Å². The largest absolute Gasteiger partial charge is 0.448 e.